The largest absolute Gasteiger partial charge is 0.272 e. The highest BCUT2D eigenvalue weighted by Crippen LogP contribution is 2.08. The second-order valence-corrected chi connectivity index (χ2v) is 2.77. The van der Waals surface area contributed by atoms with E-state index in [-0.39, 0.29) is 0 Å². The number of hydrogen-bond acceptors (Lipinski definition) is 3. The van der Waals surface area contributed by atoms with Crippen LogP contribution in [0.4, 0.5) is 8.78 Å². The molecule has 0 saturated heterocycles. The highest BCUT2D eigenvalue weighted by atomic mass is 19.1. The third-order valence-corrected chi connectivity index (χ3v) is 1.78. The van der Waals surface area contributed by atoms with Gasteiger partial charge in [0.25, 0.3) is 5.91 Å². The van der Waals surface area contributed by atoms with Gasteiger partial charge in [0.05, 0.1) is 11.8 Å². The summed E-state index contributed by atoms with van der Waals surface area (Å²) in [5.74, 6) is -2.48. The van der Waals surface area contributed by atoms with Gasteiger partial charge < -0.3 is 0 Å². The summed E-state index contributed by atoms with van der Waals surface area (Å²) < 4.78 is 26.9. The molecule has 0 unspecified atom stereocenters. The third kappa shape index (κ3) is 1.74. The summed E-state index contributed by atoms with van der Waals surface area (Å²) in [7, 11) is 0. The van der Waals surface area contributed by atoms with Gasteiger partial charge in [-0.2, -0.15) is 4.39 Å². The van der Waals surface area contributed by atoms with Crippen molar-refractivity contribution in [1.82, 2.24) is 14.5 Å². The molecule has 0 N–H and O–H groups in total. The van der Waals surface area contributed by atoms with Crippen molar-refractivity contribution in [3.8, 4) is 0 Å². The van der Waals surface area contributed by atoms with E-state index in [0.717, 1.165) is 10.6 Å². The Labute approximate surface area is 83.2 Å². The number of carbonyl (C=O) groups is 1. The van der Waals surface area contributed by atoms with Crippen LogP contribution in [0.25, 0.3) is 0 Å². The van der Waals surface area contributed by atoms with E-state index in [2.05, 4.69) is 9.97 Å². The van der Waals surface area contributed by atoms with E-state index in [1.54, 1.807) is 0 Å². The van der Waals surface area contributed by atoms with Gasteiger partial charge in [-0.1, -0.05) is 0 Å². The molecule has 2 rings (SSSR count). The molecule has 0 aromatic carbocycles. The van der Waals surface area contributed by atoms with Crippen LogP contribution in [0.3, 0.4) is 0 Å². The maximum Gasteiger partial charge on any atom is 0.267 e. The Kier molecular flexibility index (Phi) is 2.24. The Balaban J connectivity index is 2.46. The molecule has 0 aliphatic rings. The summed E-state index contributed by atoms with van der Waals surface area (Å²) in [6, 6.07) is 0.796. The number of rotatable bonds is 1. The van der Waals surface area contributed by atoms with Gasteiger partial charge in [0.1, 0.15) is 12.1 Å². The molecular formula is C9H5F2N3O. The smallest absolute Gasteiger partial charge is 0.267 e. The van der Waals surface area contributed by atoms with Gasteiger partial charge in [0, 0.05) is 12.4 Å². The predicted molar refractivity (Wildman–Crippen MR) is 46.1 cm³/mol. The standard InChI is InChI=1S/C9H5F2N3O/c10-6-3-7(8(11)13-4-6)9(15)14-2-1-12-5-14/h1-5H. The van der Waals surface area contributed by atoms with Gasteiger partial charge in [-0.25, -0.2) is 14.4 Å². The number of nitrogens with zero attached hydrogens (tertiary/aromatic N) is 3. The molecule has 0 bridgehead atoms. The molecule has 0 aliphatic carbocycles. The molecule has 0 atom stereocenters. The van der Waals surface area contributed by atoms with Crippen molar-refractivity contribution in [3.63, 3.8) is 0 Å². The van der Waals surface area contributed by atoms with Gasteiger partial charge >= 0.3 is 0 Å². The molecule has 2 aromatic heterocycles. The highest BCUT2D eigenvalue weighted by molar-refractivity contribution is 5.95. The first-order chi connectivity index (χ1) is 7.18. The topological polar surface area (TPSA) is 47.8 Å². The third-order valence-electron chi connectivity index (χ3n) is 1.78. The summed E-state index contributed by atoms with van der Waals surface area (Å²) in [6.45, 7) is 0. The van der Waals surface area contributed by atoms with Gasteiger partial charge in [-0.3, -0.25) is 9.36 Å². The second-order valence-electron chi connectivity index (χ2n) is 2.77. The lowest BCUT2D eigenvalue weighted by molar-refractivity contribution is 0.0954. The van der Waals surface area contributed by atoms with Crippen LogP contribution >= 0.6 is 0 Å². The molecule has 4 nitrogen and oxygen atoms in total. The summed E-state index contributed by atoms with van der Waals surface area (Å²) in [5, 5.41) is 0. The van der Waals surface area contributed by atoms with Gasteiger partial charge in [0.15, 0.2) is 0 Å². The molecule has 2 heterocycles. The van der Waals surface area contributed by atoms with Crippen LogP contribution < -0.4 is 0 Å². The molecule has 2 aromatic rings. The Morgan fingerprint density at radius 1 is 1.40 bits per heavy atom. The van der Waals surface area contributed by atoms with E-state index in [0.29, 0.717) is 6.20 Å². The number of aromatic nitrogens is 3. The van der Waals surface area contributed by atoms with Gasteiger partial charge in [-0.05, 0) is 6.07 Å². The Morgan fingerprint density at radius 2 is 2.20 bits per heavy atom. The van der Waals surface area contributed by atoms with E-state index >= 15 is 0 Å². The number of pyridine rings is 1. The molecule has 0 radical (unpaired) electrons. The van der Waals surface area contributed by atoms with Crippen LogP contribution in [-0.4, -0.2) is 20.4 Å². The lowest BCUT2D eigenvalue weighted by atomic mass is 10.2. The molecular weight excluding hydrogens is 204 g/mol. The van der Waals surface area contributed by atoms with E-state index in [9.17, 15) is 13.6 Å². The molecule has 6 heteroatoms. The fourth-order valence-electron chi connectivity index (χ4n) is 1.09. The Hall–Kier alpha value is -2.11. The summed E-state index contributed by atoms with van der Waals surface area (Å²) in [6.07, 6.45) is 4.61. The van der Waals surface area contributed by atoms with Crippen molar-refractivity contribution in [2.24, 2.45) is 0 Å². The predicted octanol–water partition coefficient (Wildman–Crippen LogP) is 1.24. The highest BCUT2D eigenvalue weighted by Gasteiger charge is 2.15. The fraction of sp³-hybridized carbons (Fsp3) is 0. The second kappa shape index (κ2) is 3.56. The summed E-state index contributed by atoms with van der Waals surface area (Å²) >= 11 is 0. The van der Waals surface area contributed by atoms with Gasteiger partial charge in [-0.15, -0.1) is 0 Å². The molecule has 0 spiro atoms. The minimum Gasteiger partial charge on any atom is -0.272 e. The van der Waals surface area contributed by atoms with Crippen molar-refractivity contribution < 1.29 is 13.6 Å². The van der Waals surface area contributed by atoms with Crippen LogP contribution in [0.2, 0.25) is 0 Å². The number of hydrogen-bond donors (Lipinski definition) is 0. The SMILES string of the molecule is O=C(c1cc(F)cnc1F)n1ccnc1. The van der Waals surface area contributed by atoms with Crippen molar-refractivity contribution in [2.45, 2.75) is 0 Å². The molecule has 0 fully saturated rings. The first-order valence-corrected chi connectivity index (χ1v) is 4.02. The van der Waals surface area contributed by atoms with Crippen molar-refractivity contribution in [2.75, 3.05) is 0 Å². The number of imidazole rings is 1. The normalized spacial score (nSPS) is 10.3. The minimum atomic E-state index is -1.00. The van der Waals surface area contributed by atoms with Crippen LogP contribution in [-0.2, 0) is 0 Å². The van der Waals surface area contributed by atoms with E-state index in [4.69, 9.17) is 0 Å². The molecule has 15 heavy (non-hydrogen) atoms. The molecule has 0 saturated carbocycles. The molecule has 0 amide bonds. The Morgan fingerprint density at radius 3 is 2.87 bits per heavy atom. The zero-order valence-corrected chi connectivity index (χ0v) is 7.39. The van der Waals surface area contributed by atoms with Crippen LogP contribution in [0, 0.1) is 11.8 Å². The zero-order chi connectivity index (χ0) is 10.8. The first kappa shape index (κ1) is 9.45. The lowest BCUT2D eigenvalue weighted by Gasteiger charge is -2.01. The quantitative estimate of drug-likeness (QED) is 0.664. The molecule has 0 aliphatic heterocycles. The summed E-state index contributed by atoms with van der Waals surface area (Å²) in [4.78, 5) is 18.3. The maximum absolute atomic E-state index is 13.1. The van der Waals surface area contributed by atoms with Crippen molar-refractivity contribution >= 4 is 5.91 Å². The van der Waals surface area contributed by atoms with E-state index in [1.807, 2.05) is 0 Å². The van der Waals surface area contributed by atoms with Crippen LogP contribution in [0.1, 0.15) is 10.4 Å². The number of halogens is 2. The lowest BCUT2D eigenvalue weighted by Crippen LogP contribution is -2.13. The maximum atomic E-state index is 13.1. The fourth-order valence-corrected chi connectivity index (χ4v) is 1.09. The van der Waals surface area contributed by atoms with Crippen molar-refractivity contribution in [3.05, 3.63) is 48.3 Å². The van der Waals surface area contributed by atoms with Gasteiger partial charge in [0.2, 0.25) is 5.95 Å². The first-order valence-electron chi connectivity index (χ1n) is 4.02. The average Bonchev–Trinajstić information content (AvgIpc) is 2.74. The Bertz CT molecular complexity index is 496. The zero-order valence-electron chi connectivity index (χ0n) is 7.39. The van der Waals surface area contributed by atoms with Crippen LogP contribution in [0.5, 0.6) is 0 Å². The average molecular weight is 209 g/mol. The number of carbonyl (C=O) groups excluding carboxylic acids is 1. The van der Waals surface area contributed by atoms with Crippen LogP contribution in [0.15, 0.2) is 31.0 Å². The minimum absolute atomic E-state index is 0.423. The van der Waals surface area contributed by atoms with E-state index in [1.165, 1.54) is 18.7 Å². The van der Waals surface area contributed by atoms with E-state index < -0.39 is 23.2 Å². The summed E-state index contributed by atoms with van der Waals surface area (Å²) in [5.41, 5.74) is -0.423. The molecule has 76 valence electrons. The van der Waals surface area contributed by atoms with Crippen molar-refractivity contribution in [1.29, 1.82) is 0 Å². The monoisotopic (exact) mass is 209 g/mol.